The molecule has 1 fully saturated rings. The fourth-order valence-electron chi connectivity index (χ4n) is 2.38. The highest BCUT2D eigenvalue weighted by atomic mass is 32.2. The number of nitrogens with zero attached hydrogens (tertiary/aromatic N) is 1. The SMILES string of the molecule is CCCC[C@@H](NC(=O)CN1C(=O)/C(=C/c2ccccc2)SC1=S)C(=O)[O-]. The predicted molar refractivity (Wildman–Crippen MR) is 103 cm³/mol. The number of thiocarbonyl (C=S) groups is 1. The van der Waals surface area contributed by atoms with E-state index in [-0.39, 0.29) is 23.2 Å². The highest BCUT2D eigenvalue weighted by molar-refractivity contribution is 8.26. The molecule has 1 N–H and O–H groups in total. The second-order valence-corrected chi connectivity index (χ2v) is 7.44. The molecule has 0 spiro atoms. The Morgan fingerprint density at radius 1 is 1.35 bits per heavy atom. The molecule has 1 aromatic rings. The van der Waals surface area contributed by atoms with Gasteiger partial charge in [0.05, 0.1) is 16.9 Å². The van der Waals surface area contributed by atoms with E-state index >= 15 is 0 Å². The first-order valence-electron chi connectivity index (χ1n) is 8.23. The summed E-state index contributed by atoms with van der Waals surface area (Å²) in [4.78, 5) is 37.4. The first kappa shape index (κ1) is 20.1. The molecule has 2 amide bonds. The standard InChI is InChI=1S/C18H20N2O4S2/c1-2-3-9-13(17(23)24)19-15(21)11-20-16(22)14(26-18(20)25)10-12-7-5-4-6-8-12/h4-8,10,13H,2-3,9,11H2,1H3,(H,19,21)(H,23,24)/p-1/b14-10-/t13-/m1/s1. The van der Waals surface area contributed by atoms with Gasteiger partial charge in [-0.1, -0.05) is 74.1 Å². The quantitative estimate of drug-likeness (QED) is 0.531. The Morgan fingerprint density at radius 2 is 2.04 bits per heavy atom. The molecule has 2 rings (SSSR count). The minimum Gasteiger partial charge on any atom is -0.548 e. The maximum absolute atomic E-state index is 12.5. The lowest BCUT2D eigenvalue weighted by atomic mass is 10.1. The number of hydrogen-bond acceptors (Lipinski definition) is 6. The van der Waals surface area contributed by atoms with Gasteiger partial charge in [-0.05, 0) is 18.1 Å². The summed E-state index contributed by atoms with van der Waals surface area (Å²) >= 11 is 6.30. The van der Waals surface area contributed by atoms with Gasteiger partial charge in [-0.15, -0.1) is 0 Å². The molecule has 0 bridgehead atoms. The average Bonchev–Trinajstić information content (AvgIpc) is 2.86. The summed E-state index contributed by atoms with van der Waals surface area (Å²) in [5.41, 5.74) is 0.856. The zero-order valence-corrected chi connectivity index (χ0v) is 15.9. The van der Waals surface area contributed by atoms with Crippen LogP contribution in [0.2, 0.25) is 0 Å². The van der Waals surface area contributed by atoms with E-state index in [1.165, 1.54) is 4.90 Å². The van der Waals surface area contributed by atoms with Gasteiger partial charge >= 0.3 is 0 Å². The van der Waals surface area contributed by atoms with Crippen LogP contribution in [0.5, 0.6) is 0 Å². The number of carboxylic acid groups (broad SMARTS) is 1. The van der Waals surface area contributed by atoms with Crippen LogP contribution in [0.4, 0.5) is 0 Å². The van der Waals surface area contributed by atoms with Crippen molar-refractivity contribution in [3.63, 3.8) is 0 Å². The molecule has 6 nitrogen and oxygen atoms in total. The van der Waals surface area contributed by atoms with E-state index < -0.39 is 17.9 Å². The van der Waals surface area contributed by atoms with Crippen molar-refractivity contribution in [1.29, 1.82) is 0 Å². The zero-order valence-electron chi connectivity index (χ0n) is 14.3. The Balaban J connectivity index is 2.01. The van der Waals surface area contributed by atoms with Crippen molar-refractivity contribution in [2.45, 2.75) is 32.2 Å². The fourth-order valence-corrected chi connectivity index (χ4v) is 3.63. The number of aliphatic carboxylic acids is 1. The van der Waals surface area contributed by atoms with Crippen LogP contribution in [-0.2, 0) is 14.4 Å². The monoisotopic (exact) mass is 391 g/mol. The molecule has 8 heteroatoms. The van der Waals surface area contributed by atoms with Crippen LogP contribution in [0.1, 0.15) is 31.7 Å². The largest absolute Gasteiger partial charge is 0.548 e. The van der Waals surface area contributed by atoms with Gasteiger partial charge in [0.2, 0.25) is 5.91 Å². The van der Waals surface area contributed by atoms with Crippen LogP contribution >= 0.6 is 24.0 Å². The van der Waals surface area contributed by atoms with Gasteiger partial charge in [-0.2, -0.15) is 0 Å². The number of nitrogens with one attached hydrogen (secondary N) is 1. The Labute approximate surface area is 161 Å². The first-order chi connectivity index (χ1) is 12.4. The van der Waals surface area contributed by atoms with Crippen LogP contribution in [0, 0.1) is 0 Å². The van der Waals surface area contributed by atoms with Crippen LogP contribution in [-0.4, -0.2) is 39.6 Å². The molecule has 1 aliphatic heterocycles. The van der Waals surface area contributed by atoms with E-state index in [2.05, 4.69) is 5.32 Å². The van der Waals surface area contributed by atoms with Crippen LogP contribution in [0.15, 0.2) is 35.2 Å². The third-order valence-corrected chi connectivity index (χ3v) is 5.12. The highest BCUT2D eigenvalue weighted by Gasteiger charge is 2.33. The van der Waals surface area contributed by atoms with Gasteiger partial charge in [-0.3, -0.25) is 14.5 Å². The summed E-state index contributed by atoms with van der Waals surface area (Å²) < 4.78 is 0.269. The maximum atomic E-state index is 12.5. The number of unbranched alkanes of at least 4 members (excludes halogenated alkanes) is 1. The number of carbonyl (C=O) groups is 3. The smallest absolute Gasteiger partial charge is 0.266 e. The lowest BCUT2D eigenvalue weighted by Gasteiger charge is -2.21. The summed E-state index contributed by atoms with van der Waals surface area (Å²) in [6.45, 7) is 1.61. The molecule has 1 heterocycles. The summed E-state index contributed by atoms with van der Waals surface area (Å²) in [6, 6.07) is 8.24. The molecular weight excluding hydrogens is 372 g/mol. The summed E-state index contributed by atoms with van der Waals surface area (Å²) in [5.74, 6) is -2.27. The van der Waals surface area contributed by atoms with Crippen LogP contribution in [0.3, 0.4) is 0 Å². The van der Waals surface area contributed by atoms with Gasteiger partial charge in [-0.25, -0.2) is 0 Å². The Hall–Kier alpha value is -2.19. The molecule has 26 heavy (non-hydrogen) atoms. The Kier molecular flexibility index (Phi) is 7.35. The number of hydrogen-bond donors (Lipinski definition) is 1. The van der Waals surface area contributed by atoms with Crippen molar-refractivity contribution in [2.24, 2.45) is 0 Å². The van der Waals surface area contributed by atoms with E-state index in [0.717, 1.165) is 23.7 Å². The molecule has 138 valence electrons. The Bertz CT molecular complexity index is 734. The van der Waals surface area contributed by atoms with Crippen molar-refractivity contribution >= 4 is 52.2 Å². The third kappa shape index (κ3) is 5.40. The molecule has 1 aliphatic rings. The fraction of sp³-hybridized carbons (Fsp3) is 0.333. The lowest BCUT2D eigenvalue weighted by Crippen LogP contribution is -2.50. The number of carbonyl (C=O) groups excluding carboxylic acids is 3. The normalized spacial score (nSPS) is 16.8. The van der Waals surface area contributed by atoms with Crippen LogP contribution in [0.25, 0.3) is 6.08 Å². The summed E-state index contributed by atoms with van der Waals surface area (Å²) in [5, 5.41) is 13.5. The number of benzene rings is 1. The maximum Gasteiger partial charge on any atom is 0.266 e. The number of amides is 2. The van der Waals surface area contributed by atoms with Crippen molar-refractivity contribution in [1.82, 2.24) is 10.2 Å². The number of rotatable bonds is 8. The van der Waals surface area contributed by atoms with Gasteiger partial charge in [0.1, 0.15) is 10.9 Å². The molecule has 0 unspecified atom stereocenters. The number of carboxylic acids is 1. The topological polar surface area (TPSA) is 89.5 Å². The van der Waals surface area contributed by atoms with Crippen molar-refractivity contribution in [3.05, 3.63) is 40.8 Å². The summed E-state index contributed by atoms with van der Waals surface area (Å²) in [6.07, 6.45) is 3.46. The van der Waals surface area contributed by atoms with Crippen LogP contribution < -0.4 is 10.4 Å². The lowest BCUT2D eigenvalue weighted by molar-refractivity contribution is -0.308. The van der Waals surface area contributed by atoms with E-state index in [1.807, 2.05) is 37.3 Å². The minimum atomic E-state index is -1.33. The molecule has 1 saturated heterocycles. The molecular formula is C18H19N2O4S2-. The molecule has 1 atom stereocenters. The predicted octanol–water partition coefficient (Wildman–Crippen LogP) is 1.31. The van der Waals surface area contributed by atoms with E-state index in [1.54, 1.807) is 6.08 Å². The van der Waals surface area contributed by atoms with Crippen molar-refractivity contribution in [2.75, 3.05) is 6.54 Å². The third-order valence-electron chi connectivity index (χ3n) is 3.74. The minimum absolute atomic E-state index is 0.269. The second kappa shape index (κ2) is 9.49. The molecule has 0 aromatic heterocycles. The Morgan fingerprint density at radius 3 is 2.65 bits per heavy atom. The van der Waals surface area contributed by atoms with Gasteiger partial charge in [0.15, 0.2) is 0 Å². The number of thioether (sulfide) groups is 1. The second-order valence-electron chi connectivity index (χ2n) is 5.76. The zero-order chi connectivity index (χ0) is 19.1. The van der Waals surface area contributed by atoms with E-state index in [0.29, 0.717) is 11.3 Å². The van der Waals surface area contributed by atoms with Crippen molar-refractivity contribution in [3.8, 4) is 0 Å². The molecule has 1 aromatic carbocycles. The molecule has 0 saturated carbocycles. The molecule has 0 radical (unpaired) electrons. The van der Waals surface area contributed by atoms with Gasteiger partial charge in [0, 0.05) is 0 Å². The first-order valence-corrected chi connectivity index (χ1v) is 9.45. The average molecular weight is 391 g/mol. The van der Waals surface area contributed by atoms with Gasteiger partial charge in [0.25, 0.3) is 5.91 Å². The highest BCUT2D eigenvalue weighted by Crippen LogP contribution is 2.32. The summed E-state index contributed by atoms with van der Waals surface area (Å²) in [7, 11) is 0. The van der Waals surface area contributed by atoms with E-state index in [4.69, 9.17) is 12.2 Å². The van der Waals surface area contributed by atoms with E-state index in [9.17, 15) is 19.5 Å². The van der Waals surface area contributed by atoms with Crippen molar-refractivity contribution < 1.29 is 19.5 Å². The molecule has 0 aliphatic carbocycles. The van der Waals surface area contributed by atoms with Gasteiger partial charge < -0.3 is 15.2 Å².